The van der Waals surface area contributed by atoms with Crippen LogP contribution in [0, 0.1) is 0 Å². The van der Waals surface area contributed by atoms with Gasteiger partial charge < -0.3 is 10.6 Å². The summed E-state index contributed by atoms with van der Waals surface area (Å²) in [5, 5.41) is 6.42. The van der Waals surface area contributed by atoms with Gasteiger partial charge in [-0.15, -0.1) is 0 Å². The van der Waals surface area contributed by atoms with E-state index in [1.165, 1.54) is 19.3 Å². The topological polar surface area (TPSA) is 41.1 Å². The molecule has 2 aliphatic rings. The van der Waals surface area contributed by atoms with Crippen LogP contribution in [0.1, 0.15) is 32.6 Å². The molecule has 3 nitrogen and oxygen atoms in total. The highest BCUT2D eigenvalue weighted by Gasteiger charge is 2.33. The maximum atomic E-state index is 11.3. The van der Waals surface area contributed by atoms with Crippen molar-refractivity contribution in [2.45, 2.75) is 50.7 Å². The van der Waals surface area contributed by atoms with E-state index in [9.17, 15) is 4.79 Å². The zero-order valence-corrected chi connectivity index (χ0v) is 7.47. The van der Waals surface area contributed by atoms with Gasteiger partial charge in [-0.2, -0.15) is 0 Å². The molecule has 2 fully saturated rings. The number of rotatable bonds is 0. The molecule has 1 unspecified atom stereocenters. The van der Waals surface area contributed by atoms with E-state index >= 15 is 0 Å². The molecule has 0 aromatic carbocycles. The molecule has 3 atom stereocenters. The van der Waals surface area contributed by atoms with Gasteiger partial charge in [0.1, 0.15) is 0 Å². The first-order valence-electron chi connectivity index (χ1n) is 4.84. The number of piperazine rings is 1. The monoisotopic (exact) mass is 168 g/mol. The number of nitrogens with one attached hydrogen (secondary N) is 2. The van der Waals surface area contributed by atoms with Crippen LogP contribution >= 0.6 is 0 Å². The molecule has 1 amide bonds. The summed E-state index contributed by atoms with van der Waals surface area (Å²) >= 11 is 0. The lowest BCUT2D eigenvalue weighted by Gasteiger charge is -2.39. The molecule has 3 heteroatoms. The van der Waals surface area contributed by atoms with Crippen LogP contribution in [-0.4, -0.2) is 24.0 Å². The van der Waals surface area contributed by atoms with Gasteiger partial charge >= 0.3 is 0 Å². The summed E-state index contributed by atoms with van der Waals surface area (Å²) in [6.07, 6.45) is 4.93. The Morgan fingerprint density at radius 1 is 1.25 bits per heavy atom. The summed E-state index contributed by atoms with van der Waals surface area (Å²) in [4.78, 5) is 11.3. The number of fused-ring (bicyclic) bond motifs is 1. The van der Waals surface area contributed by atoms with Crippen molar-refractivity contribution in [3.05, 3.63) is 0 Å². The van der Waals surface area contributed by atoms with Crippen molar-refractivity contribution in [3.8, 4) is 0 Å². The Morgan fingerprint density at radius 3 is 2.67 bits per heavy atom. The van der Waals surface area contributed by atoms with Crippen LogP contribution in [0.5, 0.6) is 0 Å². The fourth-order valence-corrected chi connectivity index (χ4v) is 2.21. The average Bonchev–Trinajstić information content (AvgIpc) is 2.07. The molecule has 1 aliphatic carbocycles. The average molecular weight is 168 g/mol. The maximum Gasteiger partial charge on any atom is 0.237 e. The Balaban J connectivity index is 2.02. The first-order valence-corrected chi connectivity index (χ1v) is 4.84. The molecular formula is C9H16N2O. The van der Waals surface area contributed by atoms with E-state index in [0.717, 1.165) is 6.42 Å². The zero-order valence-electron chi connectivity index (χ0n) is 7.47. The Bertz CT molecular complexity index is 193. The number of hydrogen-bond acceptors (Lipinski definition) is 2. The highest BCUT2D eigenvalue weighted by atomic mass is 16.2. The van der Waals surface area contributed by atoms with Crippen molar-refractivity contribution >= 4 is 5.91 Å². The van der Waals surface area contributed by atoms with E-state index in [-0.39, 0.29) is 11.9 Å². The Kier molecular flexibility index (Phi) is 2.05. The van der Waals surface area contributed by atoms with Gasteiger partial charge in [0.25, 0.3) is 0 Å². The van der Waals surface area contributed by atoms with Gasteiger partial charge in [0, 0.05) is 12.1 Å². The van der Waals surface area contributed by atoms with Gasteiger partial charge in [-0.05, 0) is 19.8 Å². The number of hydrogen-bond donors (Lipinski definition) is 2. The highest BCUT2D eigenvalue weighted by Crippen LogP contribution is 2.21. The third kappa shape index (κ3) is 1.33. The zero-order chi connectivity index (χ0) is 8.55. The molecule has 0 radical (unpaired) electrons. The van der Waals surface area contributed by atoms with Crippen LogP contribution < -0.4 is 10.6 Å². The van der Waals surface area contributed by atoms with E-state index in [2.05, 4.69) is 10.6 Å². The van der Waals surface area contributed by atoms with Crippen LogP contribution in [0.2, 0.25) is 0 Å². The largest absolute Gasteiger partial charge is 0.350 e. The SMILES string of the molecule is CC1N[C@@H]2CCCC[C@H]2NC1=O. The van der Waals surface area contributed by atoms with Gasteiger partial charge in [-0.3, -0.25) is 4.79 Å². The van der Waals surface area contributed by atoms with Gasteiger partial charge in [0.15, 0.2) is 0 Å². The first kappa shape index (κ1) is 8.05. The third-order valence-corrected chi connectivity index (χ3v) is 2.95. The molecule has 1 saturated heterocycles. The van der Waals surface area contributed by atoms with Gasteiger partial charge in [0.2, 0.25) is 5.91 Å². The van der Waals surface area contributed by atoms with Gasteiger partial charge in [-0.25, -0.2) is 0 Å². The van der Waals surface area contributed by atoms with E-state index in [4.69, 9.17) is 0 Å². The van der Waals surface area contributed by atoms with Crippen molar-refractivity contribution in [3.63, 3.8) is 0 Å². The lowest BCUT2D eigenvalue weighted by atomic mass is 9.88. The summed E-state index contributed by atoms with van der Waals surface area (Å²) in [7, 11) is 0. The summed E-state index contributed by atoms with van der Waals surface area (Å²) in [6.45, 7) is 1.93. The second-order valence-electron chi connectivity index (χ2n) is 3.89. The molecular weight excluding hydrogens is 152 g/mol. The molecule has 1 heterocycles. The van der Waals surface area contributed by atoms with Crippen LogP contribution in [0.15, 0.2) is 0 Å². The quantitative estimate of drug-likeness (QED) is 0.550. The smallest absolute Gasteiger partial charge is 0.237 e. The van der Waals surface area contributed by atoms with Crippen LogP contribution in [0.3, 0.4) is 0 Å². The predicted molar refractivity (Wildman–Crippen MR) is 46.8 cm³/mol. The first-order chi connectivity index (χ1) is 5.77. The van der Waals surface area contributed by atoms with E-state index in [1.54, 1.807) is 0 Å². The predicted octanol–water partition coefficient (Wildman–Crippen LogP) is 0.405. The molecule has 1 aliphatic heterocycles. The number of carbonyl (C=O) groups excluding carboxylic acids is 1. The standard InChI is InChI=1S/C9H16N2O/c1-6-9(12)11-8-5-3-2-4-7(8)10-6/h6-8,10H,2-5H2,1H3,(H,11,12)/t6?,7-,8-/m1/s1. The maximum absolute atomic E-state index is 11.3. The normalized spacial score (nSPS) is 41.8. The van der Waals surface area contributed by atoms with E-state index < -0.39 is 0 Å². The Labute approximate surface area is 72.9 Å². The molecule has 0 aromatic heterocycles. The molecule has 2 rings (SSSR count). The molecule has 12 heavy (non-hydrogen) atoms. The molecule has 0 bridgehead atoms. The number of amides is 1. The van der Waals surface area contributed by atoms with Gasteiger partial charge in [-0.1, -0.05) is 12.8 Å². The van der Waals surface area contributed by atoms with Crippen molar-refractivity contribution in [1.82, 2.24) is 10.6 Å². The summed E-state index contributed by atoms with van der Waals surface area (Å²) in [5.74, 6) is 0.165. The second-order valence-corrected chi connectivity index (χ2v) is 3.89. The lowest BCUT2D eigenvalue weighted by molar-refractivity contribution is -0.126. The summed E-state index contributed by atoms with van der Waals surface area (Å²) in [6, 6.07) is 0.943. The minimum Gasteiger partial charge on any atom is -0.350 e. The van der Waals surface area contributed by atoms with Crippen LogP contribution in [-0.2, 0) is 4.79 Å². The summed E-state index contributed by atoms with van der Waals surface area (Å²) in [5.41, 5.74) is 0. The van der Waals surface area contributed by atoms with E-state index in [0.29, 0.717) is 12.1 Å². The Morgan fingerprint density at radius 2 is 1.92 bits per heavy atom. The Hall–Kier alpha value is -0.570. The second kappa shape index (κ2) is 3.05. The highest BCUT2D eigenvalue weighted by molar-refractivity contribution is 5.82. The third-order valence-electron chi connectivity index (χ3n) is 2.95. The molecule has 2 N–H and O–H groups in total. The van der Waals surface area contributed by atoms with Crippen molar-refractivity contribution in [2.75, 3.05) is 0 Å². The molecule has 68 valence electrons. The lowest BCUT2D eigenvalue weighted by Crippen LogP contribution is -2.63. The van der Waals surface area contributed by atoms with E-state index in [1.807, 2.05) is 6.92 Å². The minimum absolute atomic E-state index is 0.00403. The summed E-state index contributed by atoms with van der Waals surface area (Å²) < 4.78 is 0. The van der Waals surface area contributed by atoms with Crippen molar-refractivity contribution in [2.24, 2.45) is 0 Å². The van der Waals surface area contributed by atoms with Crippen molar-refractivity contribution in [1.29, 1.82) is 0 Å². The van der Waals surface area contributed by atoms with Crippen molar-refractivity contribution < 1.29 is 4.79 Å². The van der Waals surface area contributed by atoms with Crippen LogP contribution in [0.4, 0.5) is 0 Å². The minimum atomic E-state index is 0.00403. The molecule has 0 spiro atoms. The van der Waals surface area contributed by atoms with Crippen LogP contribution in [0.25, 0.3) is 0 Å². The number of carbonyl (C=O) groups is 1. The van der Waals surface area contributed by atoms with Gasteiger partial charge in [0.05, 0.1) is 6.04 Å². The fourth-order valence-electron chi connectivity index (χ4n) is 2.21. The molecule has 1 saturated carbocycles. The molecule has 0 aromatic rings. The fraction of sp³-hybridized carbons (Fsp3) is 0.889.